The third kappa shape index (κ3) is 5.13. The molecule has 0 aliphatic heterocycles. The number of carbonyl (C=O) groups is 1. The molecule has 1 heterocycles. The van der Waals surface area contributed by atoms with Gasteiger partial charge in [0.2, 0.25) is 0 Å². The van der Waals surface area contributed by atoms with E-state index in [4.69, 9.17) is 0 Å². The maximum atomic E-state index is 11.7. The molecule has 0 fully saturated rings. The minimum Gasteiger partial charge on any atom is -0.373 e. The van der Waals surface area contributed by atoms with Crippen LogP contribution in [0.2, 0.25) is 0 Å². The molecule has 1 aromatic rings. The first-order valence-electron chi connectivity index (χ1n) is 5.52. The lowest BCUT2D eigenvalue weighted by molar-refractivity contribution is 0.0953. The van der Waals surface area contributed by atoms with Gasteiger partial charge in [-0.1, -0.05) is 0 Å². The third-order valence-corrected chi connectivity index (χ3v) is 3.29. The number of anilines is 1. The molecule has 0 spiro atoms. The second-order valence-electron chi connectivity index (χ2n) is 3.92. The Morgan fingerprint density at radius 3 is 2.78 bits per heavy atom. The van der Waals surface area contributed by atoms with Crippen LogP contribution in [0.4, 0.5) is 5.82 Å². The SMILES string of the molecule is CNc1cc(C(=O)NCCCS(C)(=O)=O)ccn1. The lowest BCUT2D eigenvalue weighted by Crippen LogP contribution is -2.26. The molecular weight excluding hydrogens is 254 g/mol. The van der Waals surface area contributed by atoms with Gasteiger partial charge in [-0.05, 0) is 18.6 Å². The minimum atomic E-state index is -2.97. The van der Waals surface area contributed by atoms with E-state index in [0.717, 1.165) is 0 Å². The average Bonchev–Trinajstić information content (AvgIpc) is 2.33. The Morgan fingerprint density at radius 1 is 1.44 bits per heavy atom. The van der Waals surface area contributed by atoms with Crippen molar-refractivity contribution in [1.82, 2.24) is 10.3 Å². The summed E-state index contributed by atoms with van der Waals surface area (Å²) in [5.74, 6) is 0.451. The standard InChI is InChI=1S/C11H17N3O3S/c1-12-10-8-9(4-6-13-10)11(15)14-5-3-7-18(2,16)17/h4,6,8H,3,5,7H2,1-2H3,(H,12,13)(H,14,15). The van der Waals surface area contributed by atoms with Crippen LogP contribution in [0.25, 0.3) is 0 Å². The summed E-state index contributed by atoms with van der Waals surface area (Å²) in [5.41, 5.74) is 0.494. The van der Waals surface area contributed by atoms with Crippen molar-refractivity contribution in [3.63, 3.8) is 0 Å². The van der Waals surface area contributed by atoms with Crippen LogP contribution in [0.1, 0.15) is 16.8 Å². The Labute approximate surface area is 107 Å². The van der Waals surface area contributed by atoms with Gasteiger partial charge in [0.15, 0.2) is 0 Å². The number of hydrogen-bond acceptors (Lipinski definition) is 5. The number of pyridine rings is 1. The molecule has 18 heavy (non-hydrogen) atoms. The minimum absolute atomic E-state index is 0.0748. The van der Waals surface area contributed by atoms with Crippen LogP contribution < -0.4 is 10.6 Å². The number of hydrogen-bond donors (Lipinski definition) is 2. The van der Waals surface area contributed by atoms with Crippen LogP contribution >= 0.6 is 0 Å². The molecule has 1 amide bonds. The summed E-state index contributed by atoms with van der Waals surface area (Å²) in [6.45, 7) is 0.336. The molecule has 0 aliphatic rings. The third-order valence-electron chi connectivity index (χ3n) is 2.26. The number of nitrogens with zero attached hydrogens (tertiary/aromatic N) is 1. The molecule has 1 aromatic heterocycles. The molecule has 0 saturated heterocycles. The van der Waals surface area contributed by atoms with Crippen molar-refractivity contribution in [3.8, 4) is 0 Å². The van der Waals surface area contributed by atoms with Crippen molar-refractivity contribution in [3.05, 3.63) is 23.9 Å². The molecule has 0 bridgehead atoms. The van der Waals surface area contributed by atoms with E-state index in [1.165, 1.54) is 12.5 Å². The van der Waals surface area contributed by atoms with Gasteiger partial charge in [-0.2, -0.15) is 0 Å². The Hall–Kier alpha value is -1.63. The largest absolute Gasteiger partial charge is 0.373 e. The number of sulfone groups is 1. The average molecular weight is 271 g/mol. The van der Waals surface area contributed by atoms with Crippen molar-refractivity contribution in [1.29, 1.82) is 0 Å². The summed E-state index contributed by atoms with van der Waals surface area (Å²) < 4.78 is 21.8. The summed E-state index contributed by atoms with van der Waals surface area (Å²) in [4.78, 5) is 15.7. The zero-order valence-corrected chi connectivity index (χ0v) is 11.3. The predicted octanol–water partition coefficient (Wildman–Crippen LogP) is 0.288. The van der Waals surface area contributed by atoms with Crippen LogP contribution in [-0.4, -0.2) is 44.9 Å². The van der Waals surface area contributed by atoms with Gasteiger partial charge in [0, 0.05) is 31.6 Å². The molecule has 6 nitrogen and oxygen atoms in total. The summed E-state index contributed by atoms with van der Waals surface area (Å²) >= 11 is 0. The van der Waals surface area contributed by atoms with Crippen molar-refractivity contribution >= 4 is 21.6 Å². The molecule has 0 radical (unpaired) electrons. The number of amides is 1. The van der Waals surface area contributed by atoms with Gasteiger partial charge in [-0.25, -0.2) is 13.4 Å². The van der Waals surface area contributed by atoms with Crippen molar-refractivity contribution in [2.75, 3.05) is 30.9 Å². The fourth-order valence-electron chi connectivity index (χ4n) is 1.35. The molecule has 2 N–H and O–H groups in total. The molecule has 0 aromatic carbocycles. The van der Waals surface area contributed by atoms with E-state index in [1.54, 1.807) is 19.2 Å². The zero-order chi connectivity index (χ0) is 13.6. The lowest BCUT2D eigenvalue weighted by Gasteiger charge is -2.06. The highest BCUT2D eigenvalue weighted by Gasteiger charge is 2.07. The number of nitrogens with one attached hydrogen (secondary N) is 2. The summed E-state index contributed by atoms with van der Waals surface area (Å²) in [5, 5.41) is 5.50. The Bertz CT molecular complexity index is 514. The van der Waals surface area contributed by atoms with Gasteiger partial charge in [0.25, 0.3) is 5.91 Å². The fraction of sp³-hybridized carbons (Fsp3) is 0.455. The fourth-order valence-corrected chi connectivity index (χ4v) is 2.02. The van der Waals surface area contributed by atoms with Crippen molar-refractivity contribution < 1.29 is 13.2 Å². The van der Waals surface area contributed by atoms with Gasteiger partial charge in [-0.15, -0.1) is 0 Å². The van der Waals surface area contributed by atoms with Gasteiger partial charge < -0.3 is 10.6 Å². The molecule has 0 unspecified atom stereocenters. The highest BCUT2D eigenvalue weighted by atomic mass is 32.2. The summed E-state index contributed by atoms with van der Waals surface area (Å²) in [7, 11) is -1.25. The molecule has 1 rings (SSSR count). The Morgan fingerprint density at radius 2 is 2.17 bits per heavy atom. The maximum absolute atomic E-state index is 11.7. The van der Waals surface area contributed by atoms with E-state index in [0.29, 0.717) is 24.3 Å². The molecule has 0 atom stereocenters. The van der Waals surface area contributed by atoms with Crippen LogP contribution in [0.15, 0.2) is 18.3 Å². The maximum Gasteiger partial charge on any atom is 0.251 e. The van der Waals surface area contributed by atoms with Crippen LogP contribution in [0.3, 0.4) is 0 Å². The van der Waals surface area contributed by atoms with Crippen molar-refractivity contribution in [2.24, 2.45) is 0 Å². The normalized spacial score (nSPS) is 11.0. The monoisotopic (exact) mass is 271 g/mol. The molecule has 0 aliphatic carbocycles. The van der Waals surface area contributed by atoms with E-state index in [9.17, 15) is 13.2 Å². The molecule has 0 saturated carbocycles. The van der Waals surface area contributed by atoms with E-state index in [1.807, 2.05) is 0 Å². The van der Waals surface area contributed by atoms with E-state index in [-0.39, 0.29) is 11.7 Å². The van der Waals surface area contributed by atoms with Gasteiger partial charge in [-0.3, -0.25) is 4.79 Å². The number of rotatable bonds is 6. The Kier molecular flexibility index (Phi) is 5.08. The quantitative estimate of drug-likeness (QED) is 0.726. The van der Waals surface area contributed by atoms with Crippen LogP contribution in [-0.2, 0) is 9.84 Å². The highest BCUT2D eigenvalue weighted by molar-refractivity contribution is 7.90. The first-order valence-corrected chi connectivity index (χ1v) is 7.58. The van der Waals surface area contributed by atoms with Crippen molar-refractivity contribution in [2.45, 2.75) is 6.42 Å². The highest BCUT2D eigenvalue weighted by Crippen LogP contribution is 2.05. The molecule has 7 heteroatoms. The first kappa shape index (κ1) is 14.4. The Balaban J connectivity index is 2.45. The number of aromatic nitrogens is 1. The lowest BCUT2D eigenvalue weighted by atomic mass is 10.2. The van der Waals surface area contributed by atoms with E-state index >= 15 is 0 Å². The predicted molar refractivity (Wildman–Crippen MR) is 70.4 cm³/mol. The van der Waals surface area contributed by atoms with Crippen LogP contribution in [0.5, 0.6) is 0 Å². The first-order chi connectivity index (χ1) is 8.42. The second kappa shape index (κ2) is 6.34. The zero-order valence-electron chi connectivity index (χ0n) is 10.4. The second-order valence-corrected chi connectivity index (χ2v) is 6.18. The summed E-state index contributed by atoms with van der Waals surface area (Å²) in [6, 6.07) is 3.23. The number of carbonyl (C=O) groups excluding carboxylic acids is 1. The van der Waals surface area contributed by atoms with Gasteiger partial charge >= 0.3 is 0 Å². The van der Waals surface area contributed by atoms with Gasteiger partial charge in [0.1, 0.15) is 15.7 Å². The smallest absolute Gasteiger partial charge is 0.251 e. The topological polar surface area (TPSA) is 88.2 Å². The van der Waals surface area contributed by atoms with Crippen LogP contribution in [0, 0.1) is 0 Å². The van der Waals surface area contributed by atoms with E-state index < -0.39 is 9.84 Å². The van der Waals surface area contributed by atoms with Gasteiger partial charge in [0.05, 0.1) is 5.75 Å². The molecule has 100 valence electrons. The van der Waals surface area contributed by atoms with E-state index in [2.05, 4.69) is 15.6 Å². The molecular formula is C11H17N3O3S. The summed E-state index contributed by atoms with van der Waals surface area (Å²) in [6.07, 6.45) is 3.13.